The van der Waals surface area contributed by atoms with Crippen molar-refractivity contribution in [2.24, 2.45) is 0 Å². The standard InChI is InChI=1S/C8H5IO2/c1-11-8(10)6-3-2-4-7(9)5-6/h3,5H,1H3. The quantitative estimate of drug-likeness (QED) is 0.567. The van der Waals surface area contributed by atoms with Crippen molar-refractivity contribution in [3.8, 4) is 0 Å². The highest BCUT2D eigenvalue weighted by Gasteiger charge is 2.03. The van der Waals surface area contributed by atoms with Crippen LogP contribution in [-0.2, 0) is 4.74 Å². The molecule has 3 heteroatoms. The molecule has 0 saturated heterocycles. The van der Waals surface area contributed by atoms with Crippen LogP contribution in [0.25, 0.3) is 0 Å². The number of carbonyl (C=O) groups excluding carboxylic acids is 1. The van der Waals surface area contributed by atoms with E-state index in [0.29, 0.717) is 5.56 Å². The lowest BCUT2D eigenvalue weighted by Crippen LogP contribution is -2.00. The van der Waals surface area contributed by atoms with Crippen LogP contribution in [0, 0.1) is 15.7 Å². The molecule has 0 aliphatic carbocycles. The van der Waals surface area contributed by atoms with E-state index in [1.165, 1.54) is 7.11 Å². The average molecular weight is 260 g/mol. The highest BCUT2D eigenvalue weighted by atomic mass is 127. The van der Waals surface area contributed by atoms with E-state index in [0.717, 1.165) is 3.57 Å². The number of rotatable bonds is 1. The maximum absolute atomic E-state index is 10.9. The molecule has 0 aliphatic rings. The van der Waals surface area contributed by atoms with Crippen LogP contribution < -0.4 is 0 Å². The lowest BCUT2D eigenvalue weighted by molar-refractivity contribution is 0.0600. The fraction of sp³-hybridized carbons (Fsp3) is 0.125. The summed E-state index contributed by atoms with van der Waals surface area (Å²) in [5, 5.41) is 0. The molecule has 0 saturated carbocycles. The molecule has 0 N–H and O–H groups in total. The maximum Gasteiger partial charge on any atom is 0.338 e. The minimum Gasteiger partial charge on any atom is -0.465 e. The second kappa shape index (κ2) is 3.58. The minimum absolute atomic E-state index is 0.340. The predicted molar refractivity (Wildman–Crippen MR) is 48.2 cm³/mol. The Balaban J connectivity index is 2.96. The summed E-state index contributed by atoms with van der Waals surface area (Å²) in [4.78, 5) is 10.9. The second-order valence-electron chi connectivity index (χ2n) is 1.85. The molecule has 0 unspecified atom stereocenters. The van der Waals surface area contributed by atoms with Gasteiger partial charge in [-0.2, -0.15) is 0 Å². The Morgan fingerprint density at radius 3 is 3.00 bits per heavy atom. The van der Waals surface area contributed by atoms with Crippen LogP contribution in [0.3, 0.4) is 0 Å². The summed E-state index contributed by atoms with van der Waals surface area (Å²) >= 11 is 2.06. The van der Waals surface area contributed by atoms with Crippen LogP contribution in [-0.4, -0.2) is 13.1 Å². The van der Waals surface area contributed by atoms with Gasteiger partial charge in [0.25, 0.3) is 0 Å². The number of ether oxygens (including phenoxy) is 1. The van der Waals surface area contributed by atoms with Crippen LogP contribution in [0.1, 0.15) is 10.4 Å². The Kier molecular flexibility index (Phi) is 2.71. The third-order valence-electron chi connectivity index (χ3n) is 1.12. The molecule has 0 bridgehead atoms. The molecular formula is C8H5IO2. The third kappa shape index (κ3) is 2.09. The zero-order valence-electron chi connectivity index (χ0n) is 5.85. The molecule has 0 amide bonds. The van der Waals surface area contributed by atoms with Gasteiger partial charge in [-0.05, 0) is 28.7 Å². The van der Waals surface area contributed by atoms with Gasteiger partial charge >= 0.3 is 5.97 Å². The van der Waals surface area contributed by atoms with E-state index in [2.05, 4.69) is 39.5 Å². The van der Waals surface area contributed by atoms with Gasteiger partial charge in [-0.25, -0.2) is 4.79 Å². The van der Waals surface area contributed by atoms with Crippen molar-refractivity contribution < 1.29 is 9.53 Å². The number of halogens is 1. The molecular weight excluding hydrogens is 255 g/mol. The molecule has 0 aromatic heterocycles. The van der Waals surface area contributed by atoms with Crippen molar-refractivity contribution in [2.45, 2.75) is 0 Å². The van der Waals surface area contributed by atoms with Crippen LogP contribution in [0.2, 0.25) is 0 Å². The summed E-state index contributed by atoms with van der Waals surface area (Å²) in [6.07, 6.45) is 0. The van der Waals surface area contributed by atoms with Gasteiger partial charge < -0.3 is 4.74 Å². The van der Waals surface area contributed by atoms with Gasteiger partial charge in [-0.1, -0.05) is 12.1 Å². The van der Waals surface area contributed by atoms with Crippen LogP contribution in [0.5, 0.6) is 0 Å². The molecule has 1 aromatic carbocycles. The molecule has 0 aliphatic heterocycles. The van der Waals surface area contributed by atoms with Gasteiger partial charge in [-0.3, -0.25) is 0 Å². The first-order chi connectivity index (χ1) is 5.24. The van der Waals surface area contributed by atoms with Crippen molar-refractivity contribution in [1.82, 2.24) is 0 Å². The Morgan fingerprint density at radius 2 is 2.45 bits per heavy atom. The van der Waals surface area contributed by atoms with Crippen molar-refractivity contribution in [2.75, 3.05) is 7.11 Å². The van der Waals surface area contributed by atoms with E-state index in [1.807, 2.05) is 0 Å². The lowest BCUT2D eigenvalue weighted by atomic mass is 10.2. The fourth-order valence-electron chi connectivity index (χ4n) is 0.633. The molecule has 0 fully saturated rings. The van der Waals surface area contributed by atoms with Gasteiger partial charge in [0.1, 0.15) is 0 Å². The van der Waals surface area contributed by atoms with Crippen molar-refractivity contribution >= 4 is 28.6 Å². The number of hydrogen-bond donors (Lipinski definition) is 0. The van der Waals surface area contributed by atoms with Gasteiger partial charge in [0.2, 0.25) is 0 Å². The zero-order chi connectivity index (χ0) is 8.27. The van der Waals surface area contributed by atoms with Crippen LogP contribution in [0.4, 0.5) is 0 Å². The first kappa shape index (κ1) is 8.34. The summed E-state index contributed by atoms with van der Waals surface area (Å²) in [7, 11) is 1.35. The summed E-state index contributed by atoms with van der Waals surface area (Å²) in [5.74, 6) is -0.340. The summed E-state index contributed by atoms with van der Waals surface area (Å²) in [6.45, 7) is 0. The molecule has 0 atom stereocenters. The number of hydrogen-bond acceptors (Lipinski definition) is 2. The van der Waals surface area contributed by atoms with Gasteiger partial charge in [0.05, 0.1) is 16.2 Å². The van der Waals surface area contributed by atoms with E-state index in [9.17, 15) is 4.79 Å². The largest absolute Gasteiger partial charge is 0.465 e. The molecule has 1 rings (SSSR count). The Hall–Kier alpha value is -0.760. The lowest BCUT2D eigenvalue weighted by Gasteiger charge is -1.95. The first-order valence-electron chi connectivity index (χ1n) is 2.91. The van der Waals surface area contributed by atoms with Crippen molar-refractivity contribution in [3.63, 3.8) is 0 Å². The normalized spacial score (nSPS) is 8.55. The zero-order valence-corrected chi connectivity index (χ0v) is 8.01. The first-order valence-corrected chi connectivity index (χ1v) is 3.99. The predicted octanol–water partition coefficient (Wildman–Crippen LogP) is 1.68. The second-order valence-corrected chi connectivity index (χ2v) is 3.02. The Morgan fingerprint density at radius 1 is 1.73 bits per heavy atom. The number of carbonyl (C=O) groups is 1. The van der Waals surface area contributed by atoms with Gasteiger partial charge in [0, 0.05) is 6.07 Å². The van der Waals surface area contributed by atoms with Crippen LogP contribution in [0.15, 0.2) is 12.1 Å². The molecule has 1 aromatic rings. The van der Waals surface area contributed by atoms with Gasteiger partial charge in [0.15, 0.2) is 0 Å². The molecule has 2 nitrogen and oxygen atoms in total. The molecule has 0 spiro atoms. The maximum atomic E-state index is 10.9. The molecule has 0 heterocycles. The third-order valence-corrected chi connectivity index (χ3v) is 1.70. The molecule has 56 valence electrons. The highest BCUT2D eigenvalue weighted by molar-refractivity contribution is 14.1. The summed E-state index contributed by atoms with van der Waals surface area (Å²) in [5.41, 5.74) is 0.510. The van der Waals surface area contributed by atoms with Gasteiger partial charge in [-0.15, -0.1) is 0 Å². The van der Waals surface area contributed by atoms with E-state index in [-0.39, 0.29) is 5.97 Å². The summed E-state index contributed by atoms with van der Waals surface area (Å²) < 4.78 is 5.37. The minimum atomic E-state index is -0.340. The van der Waals surface area contributed by atoms with E-state index >= 15 is 0 Å². The average Bonchev–Trinajstić information content (AvgIpc) is 2.03. The Bertz CT molecular complexity index is 271. The molecule has 0 radical (unpaired) electrons. The van der Waals surface area contributed by atoms with E-state index in [1.54, 1.807) is 12.1 Å². The fourth-order valence-corrected chi connectivity index (χ4v) is 1.12. The van der Waals surface area contributed by atoms with E-state index < -0.39 is 0 Å². The number of esters is 1. The Labute approximate surface area is 78.7 Å². The monoisotopic (exact) mass is 260 g/mol. The van der Waals surface area contributed by atoms with Crippen molar-refractivity contribution in [1.29, 1.82) is 0 Å². The SMILES string of the molecule is COC(=O)c1cc#cc(I)c1. The van der Waals surface area contributed by atoms with E-state index in [4.69, 9.17) is 0 Å². The van der Waals surface area contributed by atoms with Crippen molar-refractivity contribution in [3.05, 3.63) is 33.4 Å². The highest BCUT2D eigenvalue weighted by Crippen LogP contribution is 2.04. The smallest absolute Gasteiger partial charge is 0.338 e. The number of methoxy groups -OCH3 is 1. The van der Waals surface area contributed by atoms with Crippen LogP contribution >= 0.6 is 22.6 Å². The molecule has 11 heavy (non-hydrogen) atoms. The summed E-state index contributed by atoms with van der Waals surface area (Å²) in [6, 6.07) is 8.76. The topological polar surface area (TPSA) is 26.3 Å².